The van der Waals surface area contributed by atoms with Gasteiger partial charge in [-0.05, 0) is 36.2 Å². The van der Waals surface area contributed by atoms with Crippen LogP contribution in [0, 0.1) is 0 Å². The number of hydrogen-bond acceptors (Lipinski definition) is 2. The minimum absolute atomic E-state index is 0.00424. The number of rotatable bonds is 2. The molecule has 2 aromatic rings. The van der Waals surface area contributed by atoms with E-state index in [2.05, 4.69) is 33.4 Å². The molecule has 1 N–H and O–H groups in total. The van der Waals surface area contributed by atoms with Crippen molar-refractivity contribution in [2.24, 2.45) is 0 Å². The highest BCUT2D eigenvalue weighted by atomic mass is 79.9. The van der Waals surface area contributed by atoms with E-state index >= 15 is 0 Å². The number of hydrogen-bond donors (Lipinski definition) is 1. The lowest BCUT2D eigenvalue weighted by Gasteiger charge is -2.11. The summed E-state index contributed by atoms with van der Waals surface area (Å²) in [7, 11) is 0. The average Bonchev–Trinajstić information content (AvgIpc) is 2.86. The quantitative estimate of drug-likeness (QED) is 0.828. The smallest absolute Gasteiger partial charge is 0.238 e. The molecule has 0 aliphatic carbocycles. The topological polar surface area (TPSA) is 29.1 Å². The number of benzene rings is 2. The van der Waals surface area contributed by atoms with Crippen LogP contribution in [0.15, 0.2) is 51.8 Å². The number of carbonyl (C=O) groups excluding carboxylic acids is 1. The van der Waals surface area contributed by atoms with Crippen LogP contribution in [0.4, 0.5) is 5.69 Å². The van der Waals surface area contributed by atoms with Crippen LogP contribution in [-0.2, 0) is 11.2 Å². The van der Waals surface area contributed by atoms with Gasteiger partial charge in [-0.15, -0.1) is 11.8 Å². The highest BCUT2D eigenvalue weighted by molar-refractivity contribution is 9.10. The van der Waals surface area contributed by atoms with Crippen molar-refractivity contribution in [1.82, 2.24) is 0 Å². The Bertz CT molecular complexity index is 652. The molecule has 102 valence electrons. The van der Waals surface area contributed by atoms with Crippen molar-refractivity contribution < 1.29 is 4.79 Å². The molecular weight excluding hydrogens is 358 g/mol. The van der Waals surface area contributed by atoms with Gasteiger partial charge in [0.05, 0.1) is 16.0 Å². The van der Waals surface area contributed by atoms with Crippen molar-refractivity contribution in [1.29, 1.82) is 0 Å². The third-order valence-electron chi connectivity index (χ3n) is 3.13. The van der Waals surface area contributed by atoms with Gasteiger partial charge in [0.1, 0.15) is 0 Å². The monoisotopic (exact) mass is 367 g/mol. The van der Waals surface area contributed by atoms with Gasteiger partial charge in [0, 0.05) is 9.37 Å². The fourth-order valence-corrected chi connectivity index (χ4v) is 4.05. The van der Waals surface area contributed by atoms with E-state index < -0.39 is 0 Å². The largest absolute Gasteiger partial charge is 0.324 e. The first-order valence-corrected chi connectivity index (χ1v) is 8.19. The first kappa shape index (κ1) is 14.0. The molecule has 0 bridgehead atoms. The number of thioether (sulfide) groups is 1. The lowest BCUT2D eigenvalue weighted by Crippen LogP contribution is -2.24. The molecule has 1 aliphatic rings. The number of amides is 1. The van der Waals surface area contributed by atoms with Gasteiger partial charge in [-0.1, -0.05) is 45.7 Å². The Balaban J connectivity index is 1.72. The Hall–Kier alpha value is -0.970. The van der Waals surface area contributed by atoms with Crippen LogP contribution in [0.1, 0.15) is 5.56 Å². The summed E-state index contributed by atoms with van der Waals surface area (Å²) in [5, 5.41) is 3.35. The van der Waals surface area contributed by atoms with E-state index in [1.807, 2.05) is 18.2 Å². The van der Waals surface area contributed by atoms with E-state index in [1.165, 1.54) is 10.5 Å². The summed E-state index contributed by atoms with van der Waals surface area (Å²) in [6.07, 6.45) is 0.765. The minimum Gasteiger partial charge on any atom is -0.324 e. The number of nitrogens with one attached hydrogen (secondary N) is 1. The molecule has 3 rings (SSSR count). The Morgan fingerprint density at radius 3 is 2.85 bits per heavy atom. The normalized spacial score (nSPS) is 16.8. The maximum Gasteiger partial charge on any atom is 0.238 e. The molecule has 1 aliphatic heterocycles. The summed E-state index contributed by atoms with van der Waals surface area (Å²) in [6.45, 7) is 0. The highest BCUT2D eigenvalue weighted by Gasteiger charge is 2.28. The van der Waals surface area contributed by atoms with Gasteiger partial charge in [-0.2, -0.15) is 0 Å². The number of carbonyl (C=O) groups is 1. The first-order chi connectivity index (χ1) is 9.63. The molecule has 2 nitrogen and oxygen atoms in total. The summed E-state index contributed by atoms with van der Waals surface area (Å²) in [5.74, 6) is -0.00424. The van der Waals surface area contributed by atoms with Gasteiger partial charge in [-0.25, -0.2) is 0 Å². The molecule has 0 saturated heterocycles. The van der Waals surface area contributed by atoms with Crippen LogP contribution in [0.3, 0.4) is 0 Å². The number of anilines is 1. The molecule has 1 heterocycles. The van der Waals surface area contributed by atoms with E-state index in [4.69, 9.17) is 11.6 Å². The molecule has 0 saturated carbocycles. The molecule has 1 unspecified atom stereocenters. The molecule has 1 atom stereocenters. The van der Waals surface area contributed by atoms with Gasteiger partial charge in [0.15, 0.2) is 0 Å². The second kappa shape index (κ2) is 5.80. The van der Waals surface area contributed by atoms with Gasteiger partial charge in [0.2, 0.25) is 5.91 Å². The Kier molecular flexibility index (Phi) is 4.06. The maximum absolute atomic E-state index is 12.3. The second-order valence-corrected chi connectivity index (χ2v) is 7.10. The standard InChI is InChI=1S/C15H11BrClNOS/c16-10-5-6-12(11(17)8-10)18-15(19)14-7-9-3-1-2-4-13(9)20-14/h1-6,8,14H,7H2,(H,18,19). The van der Waals surface area contributed by atoms with Gasteiger partial charge in [0.25, 0.3) is 0 Å². The van der Waals surface area contributed by atoms with Crippen LogP contribution in [0.2, 0.25) is 5.02 Å². The summed E-state index contributed by atoms with van der Waals surface area (Å²) < 4.78 is 0.892. The van der Waals surface area contributed by atoms with Crippen molar-refractivity contribution in [2.45, 2.75) is 16.6 Å². The predicted molar refractivity (Wildman–Crippen MR) is 87.6 cm³/mol. The van der Waals surface area contributed by atoms with Gasteiger partial charge in [-0.3, -0.25) is 4.79 Å². The second-order valence-electron chi connectivity index (χ2n) is 4.53. The zero-order valence-electron chi connectivity index (χ0n) is 10.4. The van der Waals surface area contributed by atoms with E-state index in [9.17, 15) is 4.79 Å². The van der Waals surface area contributed by atoms with Crippen LogP contribution in [0.5, 0.6) is 0 Å². The molecule has 2 aromatic carbocycles. The molecule has 0 radical (unpaired) electrons. The van der Waals surface area contributed by atoms with Crippen molar-refractivity contribution >= 4 is 50.9 Å². The predicted octanol–water partition coefficient (Wildman–Crippen LogP) is 4.76. The fraction of sp³-hybridized carbons (Fsp3) is 0.133. The van der Waals surface area contributed by atoms with Crippen molar-refractivity contribution in [3.8, 4) is 0 Å². The lowest BCUT2D eigenvalue weighted by molar-refractivity contribution is -0.115. The zero-order valence-corrected chi connectivity index (χ0v) is 13.6. The first-order valence-electron chi connectivity index (χ1n) is 6.14. The number of halogens is 2. The van der Waals surface area contributed by atoms with E-state index in [1.54, 1.807) is 23.9 Å². The third kappa shape index (κ3) is 2.87. The van der Waals surface area contributed by atoms with Crippen LogP contribution >= 0.6 is 39.3 Å². The summed E-state index contributed by atoms with van der Waals surface area (Å²) in [5.41, 5.74) is 1.89. The maximum atomic E-state index is 12.3. The summed E-state index contributed by atoms with van der Waals surface area (Å²) >= 11 is 11.1. The Morgan fingerprint density at radius 2 is 2.10 bits per heavy atom. The van der Waals surface area contributed by atoms with Crippen LogP contribution in [-0.4, -0.2) is 11.2 Å². The summed E-state index contributed by atoms with van der Waals surface area (Å²) in [6, 6.07) is 13.6. The Labute approximate surface area is 135 Å². The minimum atomic E-state index is -0.0906. The average molecular weight is 369 g/mol. The van der Waals surface area contributed by atoms with E-state index in [-0.39, 0.29) is 11.2 Å². The van der Waals surface area contributed by atoms with Gasteiger partial charge < -0.3 is 5.32 Å². The molecule has 0 fully saturated rings. The molecule has 0 spiro atoms. The Morgan fingerprint density at radius 1 is 1.30 bits per heavy atom. The molecule has 0 aromatic heterocycles. The SMILES string of the molecule is O=C(Nc1ccc(Br)cc1Cl)C1Cc2ccccc2S1. The van der Waals surface area contributed by atoms with Crippen molar-refractivity contribution in [3.05, 3.63) is 57.5 Å². The fourth-order valence-electron chi connectivity index (χ4n) is 2.13. The van der Waals surface area contributed by atoms with Gasteiger partial charge >= 0.3 is 0 Å². The lowest BCUT2D eigenvalue weighted by atomic mass is 10.1. The summed E-state index contributed by atoms with van der Waals surface area (Å²) in [4.78, 5) is 13.5. The highest BCUT2D eigenvalue weighted by Crippen LogP contribution is 2.37. The van der Waals surface area contributed by atoms with Crippen LogP contribution < -0.4 is 5.32 Å². The van der Waals surface area contributed by atoms with Crippen LogP contribution in [0.25, 0.3) is 0 Å². The molecule has 20 heavy (non-hydrogen) atoms. The zero-order chi connectivity index (χ0) is 14.1. The number of fused-ring (bicyclic) bond motifs is 1. The third-order valence-corrected chi connectivity index (χ3v) is 5.25. The molecule has 5 heteroatoms. The van der Waals surface area contributed by atoms with Crippen molar-refractivity contribution in [2.75, 3.05) is 5.32 Å². The van der Waals surface area contributed by atoms with E-state index in [0.717, 1.165) is 10.9 Å². The molecule has 1 amide bonds. The molecular formula is C15H11BrClNOS. The van der Waals surface area contributed by atoms with E-state index in [0.29, 0.717) is 10.7 Å². The van der Waals surface area contributed by atoms with Crippen molar-refractivity contribution in [3.63, 3.8) is 0 Å².